The molecule has 0 aliphatic heterocycles. The lowest BCUT2D eigenvalue weighted by Crippen LogP contribution is -2.23. The van der Waals surface area contributed by atoms with Gasteiger partial charge in [0.2, 0.25) is 0 Å². The van der Waals surface area contributed by atoms with Crippen LogP contribution < -0.4 is 0 Å². The van der Waals surface area contributed by atoms with Gasteiger partial charge in [0, 0.05) is 17.0 Å². The lowest BCUT2D eigenvalue weighted by molar-refractivity contribution is 0.0789. The van der Waals surface area contributed by atoms with E-state index in [-0.39, 0.29) is 17.5 Å². The van der Waals surface area contributed by atoms with E-state index in [2.05, 4.69) is 0 Å². The van der Waals surface area contributed by atoms with Crippen molar-refractivity contribution in [1.29, 1.82) is 0 Å². The molecule has 1 aromatic rings. The Labute approximate surface area is 82.0 Å². The Bertz CT molecular complexity index is 384. The highest BCUT2D eigenvalue weighted by molar-refractivity contribution is 6.00. The molecule has 0 radical (unpaired) electrons. The first-order valence-electron chi connectivity index (χ1n) is 4.65. The van der Waals surface area contributed by atoms with E-state index in [1.54, 1.807) is 19.1 Å². The molecule has 2 atom stereocenters. The first-order chi connectivity index (χ1) is 6.61. The van der Waals surface area contributed by atoms with Crippen LogP contribution in [0, 0.1) is 5.92 Å². The molecule has 3 heteroatoms. The van der Waals surface area contributed by atoms with E-state index in [9.17, 15) is 15.0 Å². The van der Waals surface area contributed by atoms with Crippen molar-refractivity contribution in [1.82, 2.24) is 0 Å². The summed E-state index contributed by atoms with van der Waals surface area (Å²) in [6, 6.07) is 4.76. The van der Waals surface area contributed by atoms with Gasteiger partial charge in [-0.1, -0.05) is 19.1 Å². The number of phenols is 1. The summed E-state index contributed by atoms with van der Waals surface area (Å²) in [5, 5.41) is 19.2. The number of Topliss-reactive ketones (excluding diaryl/α,β-unsaturated/α-hetero) is 1. The number of fused-ring (bicyclic) bond motifs is 1. The van der Waals surface area contributed by atoms with Crippen LogP contribution in [-0.4, -0.2) is 16.0 Å². The van der Waals surface area contributed by atoms with Gasteiger partial charge >= 0.3 is 0 Å². The molecular formula is C11H12O3. The number of rotatable bonds is 0. The largest absolute Gasteiger partial charge is 0.508 e. The number of carbonyl (C=O) groups is 1. The van der Waals surface area contributed by atoms with E-state index >= 15 is 0 Å². The number of hydrogen-bond donors (Lipinski definition) is 2. The maximum absolute atomic E-state index is 11.7. The molecule has 0 amide bonds. The van der Waals surface area contributed by atoms with Crippen molar-refractivity contribution in [3.8, 4) is 5.75 Å². The number of benzene rings is 1. The Morgan fingerprint density at radius 1 is 1.43 bits per heavy atom. The Morgan fingerprint density at radius 2 is 2.14 bits per heavy atom. The van der Waals surface area contributed by atoms with Gasteiger partial charge in [0.05, 0.1) is 6.10 Å². The normalized spacial score (nSPS) is 26.0. The van der Waals surface area contributed by atoms with Crippen LogP contribution in [0.15, 0.2) is 18.2 Å². The zero-order chi connectivity index (χ0) is 10.3. The van der Waals surface area contributed by atoms with Crippen molar-refractivity contribution in [3.05, 3.63) is 29.3 Å². The summed E-state index contributed by atoms with van der Waals surface area (Å²) in [6.07, 6.45) is -0.331. The van der Waals surface area contributed by atoms with Crippen molar-refractivity contribution < 1.29 is 15.0 Å². The average Bonchev–Trinajstić information content (AvgIpc) is 2.14. The van der Waals surface area contributed by atoms with Gasteiger partial charge in [-0.3, -0.25) is 4.79 Å². The number of aromatic hydroxyl groups is 1. The van der Waals surface area contributed by atoms with Gasteiger partial charge in [-0.15, -0.1) is 0 Å². The molecule has 0 saturated heterocycles. The van der Waals surface area contributed by atoms with E-state index in [0.29, 0.717) is 17.5 Å². The average molecular weight is 192 g/mol. The quantitative estimate of drug-likeness (QED) is 0.657. The Morgan fingerprint density at radius 3 is 2.86 bits per heavy atom. The third-order valence-corrected chi connectivity index (χ3v) is 2.71. The molecule has 74 valence electrons. The molecule has 0 spiro atoms. The van der Waals surface area contributed by atoms with E-state index in [1.807, 2.05) is 0 Å². The fraction of sp³-hybridized carbons (Fsp3) is 0.364. The first-order valence-corrected chi connectivity index (χ1v) is 4.65. The maximum atomic E-state index is 11.7. The van der Waals surface area contributed by atoms with Crippen LogP contribution in [0.5, 0.6) is 5.75 Å². The summed E-state index contributed by atoms with van der Waals surface area (Å²) in [6.45, 7) is 1.79. The fourth-order valence-corrected chi connectivity index (χ4v) is 1.94. The minimum Gasteiger partial charge on any atom is -0.508 e. The molecule has 0 bridgehead atoms. The number of hydrogen-bond acceptors (Lipinski definition) is 3. The minimum absolute atomic E-state index is 0.00111. The third-order valence-electron chi connectivity index (χ3n) is 2.71. The smallest absolute Gasteiger partial charge is 0.166 e. The van der Waals surface area contributed by atoms with Crippen LogP contribution in [0.1, 0.15) is 35.4 Å². The zero-order valence-corrected chi connectivity index (χ0v) is 7.90. The predicted octanol–water partition coefficient (Wildman–Crippen LogP) is 1.65. The van der Waals surface area contributed by atoms with Crippen LogP contribution in [-0.2, 0) is 0 Å². The SMILES string of the molecule is C[C@@H]1C[C@@H](O)c2c(O)cccc2C1=O. The van der Waals surface area contributed by atoms with Crippen LogP contribution in [0.4, 0.5) is 0 Å². The molecule has 0 unspecified atom stereocenters. The second-order valence-electron chi connectivity index (χ2n) is 3.76. The highest BCUT2D eigenvalue weighted by Gasteiger charge is 2.31. The molecule has 3 nitrogen and oxygen atoms in total. The van der Waals surface area contributed by atoms with Gasteiger partial charge in [0.15, 0.2) is 5.78 Å². The fourth-order valence-electron chi connectivity index (χ4n) is 1.94. The third kappa shape index (κ3) is 1.21. The standard InChI is InChI=1S/C11H12O3/c1-6-5-9(13)10-7(11(6)14)3-2-4-8(10)12/h2-4,6,9,12-13H,5H2,1H3/t6-,9-/m1/s1. The van der Waals surface area contributed by atoms with E-state index in [4.69, 9.17) is 0 Å². The molecule has 0 fully saturated rings. The lowest BCUT2D eigenvalue weighted by atomic mass is 9.81. The maximum Gasteiger partial charge on any atom is 0.166 e. The molecular weight excluding hydrogens is 180 g/mol. The number of phenolic OH excluding ortho intramolecular Hbond substituents is 1. The molecule has 1 aliphatic rings. The molecule has 0 saturated carbocycles. The number of aliphatic hydroxyl groups is 1. The molecule has 14 heavy (non-hydrogen) atoms. The Hall–Kier alpha value is -1.35. The minimum atomic E-state index is -0.723. The van der Waals surface area contributed by atoms with Gasteiger partial charge in [-0.05, 0) is 12.5 Å². The number of aliphatic hydroxyl groups excluding tert-OH is 1. The van der Waals surface area contributed by atoms with Crippen molar-refractivity contribution in [2.45, 2.75) is 19.4 Å². The molecule has 0 aromatic heterocycles. The summed E-state index contributed by atoms with van der Waals surface area (Å²) in [4.78, 5) is 11.7. The van der Waals surface area contributed by atoms with Crippen LogP contribution in [0.2, 0.25) is 0 Å². The summed E-state index contributed by atoms with van der Waals surface area (Å²) in [7, 11) is 0. The van der Waals surface area contributed by atoms with Crippen LogP contribution in [0.25, 0.3) is 0 Å². The molecule has 1 aromatic carbocycles. The Kier molecular flexibility index (Phi) is 2.04. The highest BCUT2D eigenvalue weighted by atomic mass is 16.3. The predicted molar refractivity (Wildman–Crippen MR) is 51.2 cm³/mol. The Balaban J connectivity index is 2.61. The van der Waals surface area contributed by atoms with E-state index in [0.717, 1.165) is 0 Å². The first kappa shape index (κ1) is 9.21. The molecule has 2 rings (SSSR count). The molecule has 2 N–H and O–H groups in total. The second-order valence-corrected chi connectivity index (χ2v) is 3.76. The highest BCUT2D eigenvalue weighted by Crippen LogP contribution is 2.37. The van der Waals surface area contributed by atoms with Gasteiger partial charge < -0.3 is 10.2 Å². The van der Waals surface area contributed by atoms with Gasteiger partial charge in [-0.25, -0.2) is 0 Å². The monoisotopic (exact) mass is 192 g/mol. The number of ketones is 1. The van der Waals surface area contributed by atoms with Crippen LogP contribution in [0.3, 0.4) is 0 Å². The van der Waals surface area contributed by atoms with Gasteiger partial charge in [-0.2, -0.15) is 0 Å². The zero-order valence-electron chi connectivity index (χ0n) is 7.90. The van der Waals surface area contributed by atoms with Crippen molar-refractivity contribution in [3.63, 3.8) is 0 Å². The summed E-state index contributed by atoms with van der Waals surface area (Å²) >= 11 is 0. The van der Waals surface area contributed by atoms with Crippen molar-refractivity contribution >= 4 is 5.78 Å². The second kappa shape index (κ2) is 3.10. The topological polar surface area (TPSA) is 57.5 Å². The summed E-state index contributed by atoms with van der Waals surface area (Å²) in [5.41, 5.74) is 0.840. The number of carbonyl (C=O) groups excluding carboxylic acids is 1. The summed E-state index contributed by atoms with van der Waals surface area (Å²) in [5.74, 6) is -0.157. The summed E-state index contributed by atoms with van der Waals surface area (Å²) < 4.78 is 0. The van der Waals surface area contributed by atoms with E-state index < -0.39 is 6.10 Å². The van der Waals surface area contributed by atoms with Crippen molar-refractivity contribution in [2.24, 2.45) is 5.92 Å². The van der Waals surface area contributed by atoms with E-state index in [1.165, 1.54) is 6.07 Å². The van der Waals surface area contributed by atoms with Crippen LogP contribution >= 0.6 is 0 Å². The molecule has 0 heterocycles. The lowest BCUT2D eigenvalue weighted by Gasteiger charge is -2.25. The van der Waals surface area contributed by atoms with Gasteiger partial charge in [0.25, 0.3) is 0 Å². The van der Waals surface area contributed by atoms with Crippen molar-refractivity contribution in [2.75, 3.05) is 0 Å². The van der Waals surface area contributed by atoms with Gasteiger partial charge in [0.1, 0.15) is 5.75 Å². The molecule has 1 aliphatic carbocycles.